The molecule has 1 saturated carbocycles. The van der Waals surface area contributed by atoms with Crippen LogP contribution in [0, 0.1) is 13.8 Å². The molecule has 2 rings (SSSR count). The van der Waals surface area contributed by atoms with Crippen molar-refractivity contribution in [3.8, 4) is 5.75 Å². The van der Waals surface area contributed by atoms with Crippen LogP contribution in [0.5, 0.6) is 5.75 Å². The number of hydrogen-bond donors (Lipinski definition) is 1. The van der Waals surface area contributed by atoms with Gasteiger partial charge in [0, 0.05) is 4.90 Å². The van der Waals surface area contributed by atoms with Crippen molar-refractivity contribution >= 4 is 21.9 Å². The normalized spacial score (nSPS) is 18.4. The second kappa shape index (κ2) is 8.70. The summed E-state index contributed by atoms with van der Waals surface area (Å²) in [5.41, 5.74) is 0.598. The molecule has 0 spiro atoms. The van der Waals surface area contributed by atoms with E-state index in [2.05, 4.69) is 4.18 Å². The van der Waals surface area contributed by atoms with Gasteiger partial charge in [0.2, 0.25) is 0 Å². The van der Waals surface area contributed by atoms with E-state index in [0.29, 0.717) is 29.3 Å². The minimum absolute atomic E-state index is 0.119. The number of phenols is 1. The van der Waals surface area contributed by atoms with E-state index in [1.54, 1.807) is 0 Å². The molecular weight excluding hydrogens is 515 g/mol. The third-order valence-corrected chi connectivity index (χ3v) is 7.94. The van der Waals surface area contributed by atoms with Gasteiger partial charge in [0.05, 0.1) is 0 Å². The molecule has 0 atom stereocenters. The van der Waals surface area contributed by atoms with Crippen molar-refractivity contribution in [2.75, 3.05) is 0 Å². The fourth-order valence-corrected chi connectivity index (χ4v) is 6.16. The van der Waals surface area contributed by atoms with Gasteiger partial charge in [0.1, 0.15) is 10.7 Å². The topological polar surface area (TPSA) is 63.6 Å². The fourth-order valence-electron chi connectivity index (χ4n) is 3.25. The van der Waals surface area contributed by atoms with Crippen LogP contribution in [0.25, 0.3) is 0 Å². The van der Waals surface area contributed by atoms with Gasteiger partial charge in [-0.15, -0.1) is 0 Å². The van der Waals surface area contributed by atoms with E-state index < -0.39 is 38.3 Å². The van der Waals surface area contributed by atoms with E-state index in [4.69, 9.17) is 0 Å². The van der Waals surface area contributed by atoms with E-state index in [1.807, 2.05) is 0 Å². The molecular formula is C18H19F9O4S2. The van der Waals surface area contributed by atoms with E-state index >= 15 is 0 Å². The fraction of sp³-hybridized carbons (Fsp3) is 0.667. The second-order valence-corrected chi connectivity index (χ2v) is 10.7. The van der Waals surface area contributed by atoms with Gasteiger partial charge in [-0.2, -0.15) is 47.9 Å². The average Bonchev–Trinajstić information content (AvgIpc) is 2.64. The molecule has 1 aliphatic carbocycles. The number of benzene rings is 1. The number of phenolic OH excluding ortho intramolecular Hbond substituents is 1. The number of halogens is 9. The molecule has 1 N–H and O–H groups in total. The van der Waals surface area contributed by atoms with Crippen LogP contribution < -0.4 is 0 Å². The molecule has 15 heteroatoms. The average molecular weight is 534 g/mol. The summed E-state index contributed by atoms with van der Waals surface area (Å²) in [5.74, 6) is -14.8. The molecule has 0 saturated heterocycles. The Hall–Kier alpha value is -1.35. The molecule has 1 aliphatic rings. The number of aromatic hydroxyl groups is 1. The van der Waals surface area contributed by atoms with Crippen LogP contribution in [0.3, 0.4) is 0 Å². The van der Waals surface area contributed by atoms with Crippen LogP contribution in [0.1, 0.15) is 43.2 Å². The number of alkyl halides is 9. The maximum Gasteiger partial charge on any atom is 0.460 e. The number of hydrogen-bond acceptors (Lipinski definition) is 5. The first-order valence-electron chi connectivity index (χ1n) is 9.35. The number of aryl methyl sites for hydroxylation is 2. The van der Waals surface area contributed by atoms with Crippen molar-refractivity contribution in [1.29, 1.82) is 0 Å². The number of thioether (sulfide) groups is 1. The lowest BCUT2D eigenvalue weighted by atomic mass is 9.97. The predicted molar refractivity (Wildman–Crippen MR) is 100 cm³/mol. The lowest BCUT2D eigenvalue weighted by Gasteiger charge is -2.38. The maximum absolute atomic E-state index is 14.2. The van der Waals surface area contributed by atoms with Gasteiger partial charge in [0.25, 0.3) is 0 Å². The summed E-state index contributed by atoms with van der Waals surface area (Å²) in [7, 11) is -7.00. The lowest BCUT2D eigenvalue weighted by Crippen LogP contribution is -2.64. The molecule has 0 radical (unpaired) electrons. The van der Waals surface area contributed by atoms with Gasteiger partial charge >= 0.3 is 33.4 Å². The molecule has 0 aliphatic heterocycles. The summed E-state index contributed by atoms with van der Waals surface area (Å²) < 4.78 is 148. The molecule has 1 aromatic carbocycles. The zero-order valence-electron chi connectivity index (χ0n) is 17.1. The van der Waals surface area contributed by atoms with Crippen LogP contribution in [-0.2, 0) is 14.3 Å². The van der Waals surface area contributed by atoms with Gasteiger partial charge in [-0.25, -0.2) is 4.18 Å². The highest BCUT2D eigenvalue weighted by Crippen LogP contribution is 2.56. The van der Waals surface area contributed by atoms with Gasteiger partial charge in [-0.1, -0.05) is 18.2 Å². The van der Waals surface area contributed by atoms with Crippen LogP contribution in [-0.4, -0.2) is 41.7 Å². The third kappa shape index (κ3) is 4.90. The summed E-state index contributed by atoms with van der Waals surface area (Å²) in [6, 6.07) is 2.65. The molecule has 0 aromatic heterocycles. The quantitative estimate of drug-likeness (QED) is 0.245. The van der Waals surface area contributed by atoms with Crippen molar-refractivity contribution in [3.05, 3.63) is 23.3 Å². The minimum atomic E-state index is -7.36. The Morgan fingerprint density at radius 3 is 1.76 bits per heavy atom. The maximum atomic E-state index is 14.2. The molecule has 1 aromatic rings. The largest absolute Gasteiger partial charge is 0.507 e. The standard InChI is InChI=1S/C18H19F9O4S2/c1-10-8-12(9-11(2)13(10)28)32-14(6-4-3-5-7-14)31-33(29,30)18(26,27)16(21,22)15(19,20)17(23,24)25/h8-9,28H,3-7H2,1-2H3. The lowest BCUT2D eigenvalue weighted by molar-refractivity contribution is -0.383. The molecule has 1 fully saturated rings. The molecule has 0 unspecified atom stereocenters. The zero-order valence-corrected chi connectivity index (χ0v) is 18.7. The van der Waals surface area contributed by atoms with Crippen LogP contribution in [0.15, 0.2) is 17.0 Å². The summed E-state index contributed by atoms with van der Waals surface area (Å²) in [5, 5.41) is 2.93. The van der Waals surface area contributed by atoms with Crippen molar-refractivity contribution in [3.63, 3.8) is 0 Å². The van der Waals surface area contributed by atoms with Crippen LogP contribution in [0.2, 0.25) is 0 Å². The first-order chi connectivity index (χ1) is 14.7. The van der Waals surface area contributed by atoms with E-state index in [9.17, 15) is 53.0 Å². The molecule has 33 heavy (non-hydrogen) atoms. The van der Waals surface area contributed by atoms with Gasteiger partial charge in [-0.3, -0.25) is 0 Å². The van der Waals surface area contributed by atoms with E-state index in [1.165, 1.54) is 26.0 Å². The molecule has 0 amide bonds. The first kappa shape index (κ1) is 27.9. The molecule has 0 heterocycles. The summed E-state index contributed by atoms with van der Waals surface area (Å²) in [6.07, 6.45) is -6.91. The Balaban J connectivity index is 2.49. The van der Waals surface area contributed by atoms with Gasteiger partial charge in [0.15, 0.2) is 0 Å². The Labute approximate surface area is 187 Å². The summed E-state index contributed by atoms with van der Waals surface area (Å²) in [4.78, 5) is -1.99. The van der Waals surface area contributed by atoms with Crippen molar-refractivity contribution in [2.45, 2.75) is 79.1 Å². The highest BCUT2D eigenvalue weighted by molar-refractivity contribution is 8.01. The third-order valence-electron chi connectivity index (χ3n) is 5.08. The first-order valence-corrected chi connectivity index (χ1v) is 11.6. The summed E-state index contributed by atoms with van der Waals surface area (Å²) >= 11 is 0.515. The van der Waals surface area contributed by atoms with Crippen molar-refractivity contribution in [2.24, 2.45) is 0 Å². The predicted octanol–water partition coefficient (Wildman–Crippen LogP) is 6.53. The van der Waals surface area contributed by atoms with E-state index in [-0.39, 0.29) is 36.3 Å². The molecule has 4 nitrogen and oxygen atoms in total. The number of rotatable bonds is 7. The Morgan fingerprint density at radius 1 is 0.879 bits per heavy atom. The second-order valence-electron chi connectivity index (χ2n) is 7.68. The van der Waals surface area contributed by atoms with Crippen LogP contribution >= 0.6 is 11.8 Å². The van der Waals surface area contributed by atoms with Gasteiger partial charge in [-0.05, 0) is 62.8 Å². The van der Waals surface area contributed by atoms with Gasteiger partial charge < -0.3 is 5.11 Å². The minimum Gasteiger partial charge on any atom is -0.507 e. The van der Waals surface area contributed by atoms with Crippen molar-refractivity contribution < 1.29 is 57.2 Å². The monoisotopic (exact) mass is 534 g/mol. The SMILES string of the molecule is Cc1cc(SC2(OS(=O)(=O)C(F)(F)C(F)(F)C(F)(F)C(F)(F)F)CCCCC2)cc(C)c1O. The Morgan fingerprint density at radius 2 is 1.33 bits per heavy atom. The van der Waals surface area contributed by atoms with Crippen molar-refractivity contribution in [1.82, 2.24) is 0 Å². The molecule has 0 bridgehead atoms. The zero-order chi connectivity index (χ0) is 25.7. The van der Waals surface area contributed by atoms with E-state index in [0.717, 1.165) is 0 Å². The Kier molecular flexibility index (Phi) is 7.35. The van der Waals surface area contributed by atoms with Crippen LogP contribution in [0.4, 0.5) is 39.5 Å². The highest BCUT2D eigenvalue weighted by atomic mass is 32.2. The summed E-state index contributed by atoms with van der Waals surface area (Å²) in [6.45, 7) is 2.93. The highest BCUT2D eigenvalue weighted by Gasteiger charge is 2.86. The smallest absolute Gasteiger partial charge is 0.460 e. The Bertz CT molecular complexity index is 962. The molecule has 190 valence electrons.